The molecule has 0 bridgehead atoms. The maximum Gasteiger partial charge on any atom is 0.232 e. The molecule has 0 fully saturated rings. The van der Waals surface area contributed by atoms with Crippen LogP contribution in [0.25, 0.3) is 0 Å². The number of aromatic nitrogens is 5. The van der Waals surface area contributed by atoms with Gasteiger partial charge in [-0.3, -0.25) is 0 Å². The third-order valence-corrected chi connectivity index (χ3v) is 5.41. The number of anilines is 4. The molecule has 0 saturated carbocycles. The van der Waals surface area contributed by atoms with Crippen LogP contribution in [0.15, 0.2) is 28.6 Å². The number of hydrogen-bond donors (Lipinski definition) is 3. The van der Waals surface area contributed by atoms with Crippen molar-refractivity contribution >= 4 is 45.8 Å². The minimum Gasteiger partial charge on any atom is -0.368 e. The zero-order chi connectivity index (χ0) is 18.4. The lowest BCUT2D eigenvalue weighted by Gasteiger charge is -2.10. The Kier molecular flexibility index (Phi) is 6.18. The van der Waals surface area contributed by atoms with E-state index in [2.05, 4.69) is 48.8 Å². The Labute approximate surface area is 160 Å². The van der Waals surface area contributed by atoms with Crippen molar-refractivity contribution in [3.05, 3.63) is 35.7 Å². The molecule has 0 aliphatic carbocycles. The molecular weight excluding hydrogens is 368 g/mol. The number of thioether (sulfide) groups is 1. The molecule has 0 amide bonds. The molecule has 4 N–H and O–H groups in total. The molecule has 26 heavy (non-hydrogen) atoms. The van der Waals surface area contributed by atoms with E-state index in [-0.39, 0.29) is 5.95 Å². The second-order valence-electron chi connectivity index (χ2n) is 5.26. The normalized spacial score (nSPS) is 10.7. The van der Waals surface area contributed by atoms with Crippen molar-refractivity contribution in [1.29, 1.82) is 0 Å². The zero-order valence-electron chi connectivity index (χ0n) is 14.6. The molecule has 0 radical (unpaired) electrons. The van der Waals surface area contributed by atoms with E-state index in [0.29, 0.717) is 17.5 Å². The van der Waals surface area contributed by atoms with Crippen molar-refractivity contribution in [2.24, 2.45) is 0 Å². The predicted octanol–water partition coefficient (Wildman–Crippen LogP) is 3.34. The third-order valence-electron chi connectivity index (χ3n) is 3.40. The van der Waals surface area contributed by atoms with Gasteiger partial charge < -0.3 is 16.4 Å². The smallest absolute Gasteiger partial charge is 0.232 e. The number of nitrogens with one attached hydrogen (secondary N) is 2. The molecule has 2 aromatic heterocycles. The van der Waals surface area contributed by atoms with Gasteiger partial charge in [0.25, 0.3) is 0 Å². The van der Waals surface area contributed by atoms with Crippen LogP contribution in [-0.4, -0.2) is 31.7 Å². The van der Waals surface area contributed by atoms with Crippen LogP contribution >= 0.6 is 23.1 Å². The lowest BCUT2D eigenvalue weighted by Crippen LogP contribution is -2.07. The van der Waals surface area contributed by atoms with Crippen molar-refractivity contribution in [2.75, 3.05) is 22.9 Å². The van der Waals surface area contributed by atoms with E-state index in [1.807, 2.05) is 25.1 Å². The summed E-state index contributed by atoms with van der Waals surface area (Å²) in [5.74, 6) is 1.77. The monoisotopic (exact) mass is 388 g/mol. The Balaban J connectivity index is 1.70. The molecule has 10 heteroatoms. The number of rotatable bonds is 8. The van der Waals surface area contributed by atoms with Gasteiger partial charge >= 0.3 is 0 Å². The summed E-state index contributed by atoms with van der Waals surface area (Å²) < 4.78 is 0.853. The second kappa shape index (κ2) is 8.77. The summed E-state index contributed by atoms with van der Waals surface area (Å²) in [4.78, 5) is 12.9. The predicted molar refractivity (Wildman–Crippen MR) is 107 cm³/mol. The topological polar surface area (TPSA) is 115 Å². The summed E-state index contributed by atoms with van der Waals surface area (Å²) in [6.07, 6.45) is 0.914. The van der Waals surface area contributed by atoms with Crippen LogP contribution in [0.3, 0.4) is 0 Å². The van der Waals surface area contributed by atoms with Crippen LogP contribution in [0.5, 0.6) is 0 Å². The molecule has 0 saturated heterocycles. The first-order valence-electron chi connectivity index (χ1n) is 8.23. The summed E-state index contributed by atoms with van der Waals surface area (Å²) in [5, 5.41) is 15.4. The molecule has 8 nitrogen and oxygen atoms in total. The van der Waals surface area contributed by atoms with Gasteiger partial charge in [0.1, 0.15) is 5.82 Å². The number of nitrogens with zero attached hydrogens (tertiary/aromatic N) is 5. The zero-order valence-corrected chi connectivity index (χ0v) is 16.2. The molecule has 2 heterocycles. The van der Waals surface area contributed by atoms with Gasteiger partial charge in [0.05, 0.1) is 5.75 Å². The highest BCUT2D eigenvalue weighted by molar-refractivity contribution is 8.00. The molecule has 0 unspecified atom stereocenters. The van der Waals surface area contributed by atoms with Gasteiger partial charge in [-0.25, -0.2) is 0 Å². The number of benzene rings is 1. The van der Waals surface area contributed by atoms with Crippen molar-refractivity contribution in [2.45, 2.75) is 30.4 Å². The maximum absolute atomic E-state index is 5.85. The van der Waals surface area contributed by atoms with Gasteiger partial charge in [-0.05, 0) is 25.0 Å². The minimum atomic E-state index is 0.192. The number of nitrogen functional groups attached to an aromatic ring is 1. The van der Waals surface area contributed by atoms with Gasteiger partial charge in [-0.15, -0.1) is 10.2 Å². The maximum atomic E-state index is 5.85. The van der Waals surface area contributed by atoms with Gasteiger partial charge in [0.2, 0.25) is 17.0 Å². The Morgan fingerprint density at radius 1 is 1.12 bits per heavy atom. The fourth-order valence-corrected chi connectivity index (χ4v) is 3.92. The molecule has 0 spiro atoms. The van der Waals surface area contributed by atoms with E-state index >= 15 is 0 Å². The first-order chi connectivity index (χ1) is 12.7. The third kappa shape index (κ3) is 4.79. The first-order valence-corrected chi connectivity index (χ1v) is 10.0. The van der Waals surface area contributed by atoms with Gasteiger partial charge in [-0.2, -0.15) is 15.0 Å². The van der Waals surface area contributed by atoms with Crippen molar-refractivity contribution < 1.29 is 0 Å². The Morgan fingerprint density at radius 3 is 2.77 bits per heavy atom. The van der Waals surface area contributed by atoms with Crippen LogP contribution in [0.1, 0.15) is 25.2 Å². The molecule has 1 aromatic carbocycles. The van der Waals surface area contributed by atoms with Crippen LogP contribution in [0.2, 0.25) is 0 Å². The summed E-state index contributed by atoms with van der Waals surface area (Å²) in [6, 6.07) is 8.05. The molecule has 0 aliphatic heterocycles. The summed E-state index contributed by atoms with van der Waals surface area (Å²) in [7, 11) is 0. The van der Waals surface area contributed by atoms with Crippen LogP contribution in [0, 0.1) is 0 Å². The lowest BCUT2D eigenvalue weighted by molar-refractivity contribution is 0.972. The lowest BCUT2D eigenvalue weighted by atomic mass is 10.1. The second-order valence-corrected chi connectivity index (χ2v) is 7.46. The van der Waals surface area contributed by atoms with Crippen LogP contribution < -0.4 is 16.4 Å². The van der Waals surface area contributed by atoms with Crippen molar-refractivity contribution in [3.63, 3.8) is 0 Å². The molecule has 0 aliphatic rings. The van der Waals surface area contributed by atoms with Crippen LogP contribution in [0.4, 0.5) is 22.7 Å². The number of aryl methyl sites for hydroxylation is 1. The molecule has 3 rings (SSSR count). The Morgan fingerprint density at radius 2 is 1.96 bits per heavy atom. The number of hydrogen-bond acceptors (Lipinski definition) is 10. The molecule has 136 valence electrons. The van der Waals surface area contributed by atoms with Gasteiger partial charge in [0.15, 0.2) is 4.34 Å². The fraction of sp³-hybridized carbons (Fsp3) is 0.312. The van der Waals surface area contributed by atoms with E-state index in [9.17, 15) is 0 Å². The average Bonchev–Trinajstić information content (AvgIpc) is 3.08. The quantitative estimate of drug-likeness (QED) is 0.500. The highest BCUT2D eigenvalue weighted by Gasteiger charge is 2.10. The first kappa shape index (κ1) is 18.3. The summed E-state index contributed by atoms with van der Waals surface area (Å²) >= 11 is 3.02. The van der Waals surface area contributed by atoms with E-state index in [0.717, 1.165) is 28.1 Å². The highest BCUT2D eigenvalue weighted by Crippen LogP contribution is 2.28. The SMILES string of the molecule is CCNc1nnc(SCc2nc(N)nc(Nc3ccccc3CC)n2)s1. The van der Waals surface area contributed by atoms with E-state index in [1.54, 1.807) is 0 Å². The van der Waals surface area contributed by atoms with Crippen molar-refractivity contribution in [1.82, 2.24) is 25.1 Å². The number of para-hydroxylation sites is 1. The van der Waals surface area contributed by atoms with Crippen molar-refractivity contribution in [3.8, 4) is 0 Å². The Bertz CT molecular complexity index is 867. The highest BCUT2D eigenvalue weighted by atomic mass is 32.2. The summed E-state index contributed by atoms with van der Waals surface area (Å²) in [5.41, 5.74) is 8.01. The van der Waals surface area contributed by atoms with E-state index < -0.39 is 0 Å². The Hall–Kier alpha value is -2.46. The molecular formula is C16H20N8S2. The largest absolute Gasteiger partial charge is 0.368 e. The average molecular weight is 389 g/mol. The molecule has 0 atom stereocenters. The fourth-order valence-electron chi connectivity index (χ4n) is 2.25. The standard InChI is InChI=1S/C16H20N8S2/c1-3-10-7-5-6-8-11(10)19-14-21-12(20-13(17)22-14)9-25-16-24-23-15(26-16)18-4-2/h5-8H,3-4,9H2,1-2H3,(H,18,23)(H3,17,19,20,21,22). The molecule has 3 aromatic rings. The van der Waals surface area contributed by atoms with Gasteiger partial charge in [0, 0.05) is 12.2 Å². The summed E-state index contributed by atoms with van der Waals surface area (Å²) in [6.45, 7) is 4.94. The number of nitrogens with two attached hydrogens (primary N) is 1. The van der Waals surface area contributed by atoms with Crippen LogP contribution in [-0.2, 0) is 12.2 Å². The van der Waals surface area contributed by atoms with E-state index in [1.165, 1.54) is 28.7 Å². The minimum absolute atomic E-state index is 0.192. The van der Waals surface area contributed by atoms with E-state index in [4.69, 9.17) is 5.73 Å². The van der Waals surface area contributed by atoms with Gasteiger partial charge in [-0.1, -0.05) is 48.2 Å².